The number of nitrogens with one attached hydrogen (secondary N) is 1. The summed E-state index contributed by atoms with van der Waals surface area (Å²) in [4.78, 5) is 4.51. The highest BCUT2D eigenvalue weighted by Gasteiger charge is 2.13. The van der Waals surface area contributed by atoms with Gasteiger partial charge in [-0.2, -0.15) is 10.2 Å². The molecule has 4 rings (SSSR count). The van der Waals surface area contributed by atoms with Crippen molar-refractivity contribution in [2.45, 2.75) is 6.92 Å². The first-order valence-corrected chi connectivity index (χ1v) is 8.65. The van der Waals surface area contributed by atoms with Gasteiger partial charge in [0.25, 0.3) is 0 Å². The van der Waals surface area contributed by atoms with Crippen LogP contribution in [0.4, 0.5) is 10.1 Å². The minimum atomic E-state index is -0.298. The smallest absolute Gasteiger partial charge is 0.164 e. The van der Waals surface area contributed by atoms with E-state index in [1.165, 1.54) is 12.1 Å². The first-order valence-electron chi connectivity index (χ1n) is 8.28. The Kier molecular flexibility index (Phi) is 4.56. The highest BCUT2D eigenvalue weighted by molar-refractivity contribution is 6.32. The van der Waals surface area contributed by atoms with Crippen LogP contribution >= 0.6 is 11.6 Å². The lowest BCUT2D eigenvalue weighted by Gasteiger charge is -2.04. The normalized spacial score (nSPS) is 11.4. The van der Waals surface area contributed by atoms with Gasteiger partial charge in [-0.25, -0.2) is 14.1 Å². The summed E-state index contributed by atoms with van der Waals surface area (Å²) in [5.74, 6) is -0.298. The average Bonchev–Trinajstić information content (AvgIpc) is 3.00. The molecule has 0 fully saturated rings. The Bertz CT molecular complexity index is 1120. The minimum absolute atomic E-state index is 0.298. The van der Waals surface area contributed by atoms with Gasteiger partial charge in [0, 0.05) is 10.9 Å². The van der Waals surface area contributed by atoms with Crippen LogP contribution in [0.1, 0.15) is 11.3 Å². The van der Waals surface area contributed by atoms with E-state index >= 15 is 0 Å². The summed E-state index contributed by atoms with van der Waals surface area (Å²) in [6, 6.07) is 17.6. The SMILES string of the molecule is Cc1nn(-c2ccccc2)c2nc(Cl)c(C=NNc3ccc(F)cc3)cc12. The molecule has 0 amide bonds. The Morgan fingerprint density at radius 1 is 1.11 bits per heavy atom. The lowest BCUT2D eigenvalue weighted by Crippen LogP contribution is -1.98. The summed E-state index contributed by atoms with van der Waals surface area (Å²) in [5, 5.41) is 9.95. The number of hydrogen-bond donors (Lipinski definition) is 1. The molecular weight excluding hydrogens is 365 g/mol. The topological polar surface area (TPSA) is 55.1 Å². The van der Waals surface area contributed by atoms with Crippen LogP contribution in [0.2, 0.25) is 5.15 Å². The summed E-state index contributed by atoms with van der Waals surface area (Å²) in [6.07, 6.45) is 1.58. The van der Waals surface area contributed by atoms with E-state index in [4.69, 9.17) is 11.6 Å². The van der Waals surface area contributed by atoms with Gasteiger partial charge in [-0.05, 0) is 49.4 Å². The Balaban J connectivity index is 1.67. The molecule has 0 aliphatic rings. The molecule has 0 aliphatic carbocycles. The second-order valence-electron chi connectivity index (χ2n) is 5.95. The Morgan fingerprint density at radius 2 is 1.85 bits per heavy atom. The number of para-hydroxylation sites is 1. The summed E-state index contributed by atoms with van der Waals surface area (Å²) in [7, 11) is 0. The van der Waals surface area contributed by atoms with E-state index < -0.39 is 0 Å². The Labute approximate surface area is 160 Å². The predicted octanol–water partition coefficient (Wildman–Crippen LogP) is 4.97. The molecule has 2 heterocycles. The van der Waals surface area contributed by atoms with E-state index in [1.54, 1.807) is 23.0 Å². The first kappa shape index (κ1) is 17.2. The van der Waals surface area contributed by atoms with Crippen molar-refractivity contribution in [3.05, 3.63) is 82.9 Å². The van der Waals surface area contributed by atoms with Crippen LogP contribution in [0.3, 0.4) is 0 Å². The average molecular weight is 380 g/mol. The monoisotopic (exact) mass is 379 g/mol. The zero-order valence-corrected chi connectivity index (χ0v) is 15.2. The largest absolute Gasteiger partial charge is 0.278 e. The van der Waals surface area contributed by atoms with E-state index in [0.29, 0.717) is 22.1 Å². The number of hydrogen-bond acceptors (Lipinski definition) is 4. The standard InChI is InChI=1S/C20H15ClFN5/c1-13-18-11-14(12-23-25-16-9-7-15(22)8-10-16)19(21)24-20(18)27(26-13)17-5-3-2-4-6-17/h2-12,25H,1H3. The number of rotatable bonds is 4. The second kappa shape index (κ2) is 7.17. The van der Waals surface area contributed by atoms with E-state index in [9.17, 15) is 4.39 Å². The maximum absolute atomic E-state index is 12.9. The van der Waals surface area contributed by atoms with Crippen LogP contribution in [0.5, 0.6) is 0 Å². The van der Waals surface area contributed by atoms with Crippen molar-refractivity contribution >= 4 is 34.5 Å². The highest BCUT2D eigenvalue weighted by atomic mass is 35.5. The van der Waals surface area contributed by atoms with Gasteiger partial charge in [-0.15, -0.1) is 0 Å². The van der Waals surface area contributed by atoms with E-state index in [2.05, 4.69) is 20.6 Å². The number of aryl methyl sites for hydroxylation is 1. The molecule has 1 N–H and O–H groups in total. The maximum Gasteiger partial charge on any atom is 0.164 e. The molecule has 0 spiro atoms. The van der Waals surface area contributed by atoms with Crippen LogP contribution in [-0.4, -0.2) is 21.0 Å². The van der Waals surface area contributed by atoms with Crippen LogP contribution in [-0.2, 0) is 0 Å². The van der Waals surface area contributed by atoms with Crippen molar-refractivity contribution in [1.82, 2.24) is 14.8 Å². The van der Waals surface area contributed by atoms with E-state index in [0.717, 1.165) is 16.8 Å². The van der Waals surface area contributed by atoms with Gasteiger partial charge >= 0.3 is 0 Å². The fraction of sp³-hybridized carbons (Fsp3) is 0.0500. The predicted molar refractivity (Wildman–Crippen MR) is 106 cm³/mol. The third kappa shape index (κ3) is 3.52. The van der Waals surface area contributed by atoms with Crippen molar-refractivity contribution in [2.24, 2.45) is 5.10 Å². The van der Waals surface area contributed by atoms with Gasteiger partial charge < -0.3 is 0 Å². The number of benzene rings is 2. The minimum Gasteiger partial charge on any atom is -0.278 e. The van der Waals surface area contributed by atoms with Gasteiger partial charge in [0.2, 0.25) is 0 Å². The van der Waals surface area contributed by atoms with E-state index in [1.807, 2.05) is 43.3 Å². The number of aromatic nitrogens is 3. The quantitative estimate of drug-likeness (QED) is 0.309. The van der Waals surface area contributed by atoms with Crippen molar-refractivity contribution < 1.29 is 4.39 Å². The lowest BCUT2D eigenvalue weighted by atomic mass is 10.2. The molecule has 0 aliphatic heterocycles. The van der Waals surface area contributed by atoms with Crippen molar-refractivity contribution in [2.75, 3.05) is 5.43 Å². The first-order chi connectivity index (χ1) is 13.1. The number of fused-ring (bicyclic) bond motifs is 1. The van der Waals surface area contributed by atoms with Crippen LogP contribution < -0.4 is 5.43 Å². The zero-order valence-electron chi connectivity index (χ0n) is 14.4. The number of nitrogens with zero attached hydrogens (tertiary/aromatic N) is 4. The van der Waals surface area contributed by atoms with Gasteiger partial charge in [0.1, 0.15) is 11.0 Å². The van der Waals surface area contributed by atoms with E-state index in [-0.39, 0.29) is 5.82 Å². The van der Waals surface area contributed by atoms with Crippen molar-refractivity contribution in [3.8, 4) is 5.69 Å². The Morgan fingerprint density at radius 3 is 2.59 bits per heavy atom. The number of pyridine rings is 1. The zero-order chi connectivity index (χ0) is 18.8. The van der Waals surface area contributed by atoms with Crippen molar-refractivity contribution in [1.29, 1.82) is 0 Å². The van der Waals surface area contributed by atoms with Crippen LogP contribution in [0.15, 0.2) is 65.8 Å². The molecule has 0 saturated heterocycles. The lowest BCUT2D eigenvalue weighted by molar-refractivity contribution is 0.628. The molecule has 134 valence electrons. The summed E-state index contributed by atoms with van der Waals surface area (Å²) in [6.45, 7) is 1.93. The highest BCUT2D eigenvalue weighted by Crippen LogP contribution is 2.24. The molecular formula is C20H15ClFN5. The second-order valence-corrected chi connectivity index (χ2v) is 6.31. The summed E-state index contributed by atoms with van der Waals surface area (Å²) < 4.78 is 14.7. The third-order valence-electron chi connectivity index (χ3n) is 4.07. The molecule has 0 saturated carbocycles. The molecule has 0 bridgehead atoms. The molecule has 0 radical (unpaired) electrons. The van der Waals surface area contributed by atoms with Crippen LogP contribution in [0, 0.1) is 12.7 Å². The molecule has 0 unspecified atom stereocenters. The number of halogens is 2. The van der Waals surface area contributed by atoms with Gasteiger partial charge in [0.15, 0.2) is 5.65 Å². The number of hydrazone groups is 1. The number of anilines is 1. The molecule has 5 nitrogen and oxygen atoms in total. The summed E-state index contributed by atoms with van der Waals surface area (Å²) in [5.41, 5.74) is 6.62. The maximum atomic E-state index is 12.9. The molecule has 0 atom stereocenters. The molecule has 2 aromatic heterocycles. The third-order valence-corrected chi connectivity index (χ3v) is 4.37. The fourth-order valence-corrected chi connectivity index (χ4v) is 2.90. The molecule has 27 heavy (non-hydrogen) atoms. The van der Waals surface area contributed by atoms with Gasteiger partial charge in [-0.1, -0.05) is 29.8 Å². The Hall–Kier alpha value is -3.25. The molecule has 4 aromatic rings. The van der Waals surface area contributed by atoms with Gasteiger partial charge in [-0.3, -0.25) is 5.43 Å². The fourth-order valence-electron chi connectivity index (χ4n) is 2.72. The molecule has 7 heteroatoms. The van der Waals surface area contributed by atoms with Crippen LogP contribution in [0.25, 0.3) is 16.7 Å². The molecule has 2 aromatic carbocycles. The van der Waals surface area contributed by atoms with Gasteiger partial charge in [0.05, 0.1) is 23.3 Å². The summed E-state index contributed by atoms with van der Waals surface area (Å²) >= 11 is 6.35. The van der Waals surface area contributed by atoms with Crippen molar-refractivity contribution in [3.63, 3.8) is 0 Å².